The van der Waals surface area contributed by atoms with Crippen LogP contribution in [-0.2, 0) is 32.0 Å². The minimum atomic E-state index is -0.791. The summed E-state index contributed by atoms with van der Waals surface area (Å²) in [6, 6.07) is 14.0. The number of aryl methyl sites for hydroxylation is 1. The van der Waals surface area contributed by atoms with Crippen molar-refractivity contribution in [2.45, 2.75) is 57.4 Å². The first-order valence-corrected chi connectivity index (χ1v) is 14.8. The largest absolute Gasteiger partial charge is 0.508 e. The molecule has 0 bridgehead atoms. The Morgan fingerprint density at radius 2 is 1.48 bits per heavy atom. The normalized spacial score (nSPS) is 11.5. The van der Waals surface area contributed by atoms with Crippen molar-refractivity contribution in [1.29, 1.82) is 0 Å². The first kappa shape index (κ1) is 33.2. The van der Waals surface area contributed by atoms with Gasteiger partial charge in [-0.2, -0.15) is 0 Å². The lowest BCUT2D eigenvalue weighted by Crippen LogP contribution is -2.43. The number of hydrogen-bond donors (Lipinski definition) is 3. The second-order valence-electron chi connectivity index (χ2n) is 9.56. The molecule has 0 radical (unpaired) electrons. The highest BCUT2D eigenvalue weighted by Gasteiger charge is 2.21. The molecule has 2 rings (SSSR count). The first-order valence-electron chi connectivity index (χ1n) is 13.7. The molecular formula is C30H41Cl2N3O5. The summed E-state index contributed by atoms with van der Waals surface area (Å²) < 4.78 is 4.82. The molecular weight excluding hydrogens is 553 g/mol. The van der Waals surface area contributed by atoms with Crippen LogP contribution in [0.3, 0.4) is 0 Å². The molecule has 0 saturated carbocycles. The molecule has 0 heterocycles. The van der Waals surface area contributed by atoms with Crippen molar-refractivity contribution in [2.24, 2.45) is 0 Å². The van der Waals surface area contributed by atoms with Crippen molar-refractivity contribution in [3.63, 3.8) is 0 Å². The number of hydrogen-bond acceptors (Lipinski definition) is 6. The Balaban J connectivity index is 1.59. The topological polar surface area (TPSA) is 108 Å². The number of carbonyl (C=O) groups excluding carboxylic acids is 3. The number of methoxy groups -OCH3 is 1. The van der Waals surface area contributed by atoms with E-state index in [1.54, 1.807) is 12.1 Å². The number of unbranched alkanes of at least 4 members (excludes halogenated alkanes) is 2. The zero-order valence-electron chi connectivity index (χ0n) is 23.2. The third-order valence-electron chi connectivity index (χ3n) is 6.48. The number of rotatable bonds is 19. The predicted molar refractivity (Wildman–Crippen MR) is 160 cm³/mol. The highest BCUT2D eigenvalue weighted by atomic mass is 35.5. The fourth-order valence-corrected chi connectivity index (χ4v) is 4.68. The zero-order valence-corrected chi connectivity index (χ0v) is 24.7. The van der Waals surface area contributed by atoms with Crippen molar-refractivity contribution in [1.82, 2.24) is 10.6 Å². The molecule has 2 amide bonds. The van der Waals surface area contributed by atoms with Gasteiger partial charge in [0.15, 0.2) is 0 Å². The summed E-state index contributed by atoms with van der Waals surface area (Å²) in [6.45, 7) is 2.07. The van der Waals surface area contributed by atoms with Gasteiger partial charge in [-0.1, -0.05) is 30.7 Å². The van der Waals surface area contributed by atoms with E-state index in [1.807, 2.05) is 0 Å². The number of phenols is 1. The fourth-order valence-electron chi connectivity index (χ4n) is 4.27. The first-order chi connectivity index (χ1) is 19.4. The van der Waals surface area contributed by atoms with Gasteiger partial charge in [0, 0.05) is 56.3 Å². The van der Waals surface area contributed by atoms with E-state index in [0.29, 0.717) is 31.1 Å². The number of ether oxygens (including phenoxy) is 1. The second-order valence-corrected chi connectivity index (χ2v) is 10.3. The van der Waals surface area contributed by atoms with Crippen LogP contribution >= 0.6 is 23.2 Å². The number of aromatic hydroxyl groups is 1. The van der Waals surface area contributed by atoms with Crippen LogP contribution < -0.4 is 15.5 Å². The number of amides is 2. The number of nitrogens with one attached hydrogen (secondary N) is 2. The lowest BCUT2D eigenvalue weighted by atomic mass is 10.1. The molecule has 0 fully saturated rings. The van der Waals surface area contributed by atoms with Crippen LogP contribution in [-0.4, -0.2) is 67.4 Å². The smallest absolute Gasteiger partial charge is 0.328 e. The molecule has 0 aliphatic carbocycles. The quantitative estimate of drug-likeness (QED) is 0.125. The Bertz CT molecular complexity index is 1030. The monoisotopic (exact) mass is 593 g/mol. The van der Waals surface area contributed by atoms with Crippen molar-refractivity contribution in [2.75, 3.05) is 43.4 Å². The summed E-state index contributed by atoms with van der Waals surface area (Å²) in [5.41, 5.74) is 3.08. The van der Waals surface area contributed by atoms with Crippen LogP contribution in [0.15, 0.2) is 48.5 Å². The minimum absolute atomic E-state index is 0.0277. The Morgan fingerprint density at radius 1 is 0.850 bits per heavy atom. The maximum atomic E-state index is 12.4. The average molecular weight is 595 g/mol. The number of phenolic OH excluding ortho intramolecular Hbond substituents is 1. The molecule has 0 unspecified atom stereocenters. The van der Waals surface area contributed by atoms with Gasteiger partial charge >= 0.3 is 5.97 Å². The standard InChI is InChI=1S/C30H41Cl2N3O5/c1-40-30(39)27(22-24-11-15-26(36)16-12-24)34-29(38)7-3-2-4-19-33-28(37)8-5-6-23-9-13-25(14-10-23)35(20-17-31)21-18-32/h9-16,27,36H,2-8,17-22H2,1H3,(H,33,37)(H,34,38)/t27-/m1/s1. The molecule has 2 aromatic carbocycles. The maximum Gasteiger partial charge on any atom is 0.328 e. The van der Waals surface area contributed by atoms with E-state index in [4.69, 9.17) is 27.9 Å². The third-order valence-corrected chi connectivity index (χ3v) is 6.82. The molecule has 0 aliphatic rings. The van der Waals surface area contributed by atoms with Crippen LogP contribution in [0.5, 0.6) is 5.75 Å². The lowest BCUT2D eigenvalue weighted by Gasteiger charge is -2.23. The Labute approximate surface area is 247 Å². The zero-order chi connectivity index (χ0) is 29.2. The van der Waals surface area contributed by atoms with Gasteiger partial charge in [-0.05, 0) is 61.1 Å². The third kappa shape index (κ3) is 12.9. The van der Waals surface area contributed by atoms with Gasteiger partial charge in [0.05, 0.1) is 7.11 Å². The van der Waals surface area contributed by atoms with Crippen molar-refractivity contribution >= 4 is 46.7 Å². The van der Waals surface area contributed by atoms with Gasteiger partial charge in [0.25, 0.3) is 0 Å². The molecule has 3 N–H and O–H groups in total. The van der Waals surface area contributed by atoms with Gasteiger partial charge in [-0.25, -0.2) is 4.79 Å². The molecule has 0 saturated heterocycles. The highest BCUT2D eigenvalue weighted by molar-refractivity contribution is 6.18. The minimum Gasteiger partial charge on any atom is -0.508 e. The van der Waals surface area contributed by atoms with Crippen LogP contribution in [0.25, 0.3) is 0 Å². The van der Waals surface area contributed by atoms with Crippen molar-refractivity contribution in [3.8, 4) is 5.75 Å². The molecule has 220 valence electrons. The van der Waals surface area contributed by atoms with E-state index >= 15 is 0 Å². The van der Waals surface area contributed by atoms with Crippen LogP contribution in [0.1, 0.15) is 49.7 Å². The molecule has 10 heteroatoms. The summed E-state index contributed by atoms with van der Waals surface area (Å²) in [5.74, 6) is 0.510. The average Bonchev–Trinajstić information content (AvgIpc) is 2.95. The lowest BCUT2D eigenvalue weighted by molar-refractivity contribution is -0.145. The van der Waals surface area contributed by atoms with Crippen LogP contribution in [0.4, 0.5) is 5.69 Å². The number of alkyl halides is 2. The second kappa shape index (κ2) is 19.2. The summed E-state index contributed by atoms with van der Waals surface area (Å²) in [6.07, 6.45) is 4.82. The van der Waals surface area contributed by atoms with E-state index in [0.717, 1.165) is 50.0 Å². The van der Waals surface area contributed by atoms with E-state index in [1.165, 1.54) is 24.8 Å². The summed E-state index contributed by atoms with van der Waals surface area (Å²) in [4.78, 5) is 38.8. The fraction of sp³-hybridized carbons (Fsp3) is 0.500. The maximum absolute atomic E-state index is 12.4. The molecule has 0 aromatic heterocycles. The van der Waals surface area contributed by atoms with Gasteiger partial charge in [-0.3, -0.25) is 9.59 Å². The summed E-state index contributed by atoms with van der Waals surface area (Å²) >= 11 is 11.8. The van der Waals surface area contributed by atoms with Crippen molar-refractivity contribution in [3.05, 3.63) is 59.7 Å². The van der Waals surface area contributed by atoms with E-state index in [-0.39, 0.29) is 30.4 Å². The molecule has 1 atom stereocenters. The molecule has 8 nitrogen and oxygen atoms in total. The van der Waals surface area contributed by atoms with Crippen LogP contribution in [0, 0.1) is 0 Å². The van der Waals surface area contributed by atoms with E-state index in [9.17, 15) is 19.5 Å². The van der Waals surface area contributed by atoms with Gasteiger partial charge in [-0.15, -0.1) is 23.2 Å². The Morgan fingerprint density at radius 3 is 2.10 bits per heavy atom. The van der Waals surface area contributed by atoms with Gasteiger partial charge < -0.3 is 25.4 Å². The molecule has 0 aliphatic heterocycles. The summed E-state index contributed by atoms with van der Waals surface area (Å²) in [5, 5.41) is 15.1. The molecule has 40 heavy (non-hydrogen) atoms. The number of anilines is 1. The van der Waals surface area contributed by atoms with Crippen molar-refractivity contribution < 1.29 is 24.2 Å². The van der Waals surface area contributed by atoms with E-state index in [2.05, 4.69) is 39.8 Å². The Kier molecular flexibility index (Phi) is 15.9. The number of esters is 1. The van der Waals surface area contributed by atoms with Gasteiger partial charge in [0.1, 0.15) is 11.8 Å². The van der Waals surface area contributed by atoms with E-state index < -0.39 is 12.0 Å². The van der Waals surface area contributed by atoms with Crippen LogP contribution in [0.2, 0.25) is 0 Å². The number of nitrogens with zero attached hydrogens (tertiary/aromatic N) is 1. The number of carbonyl (C=O) groups is 3. The number of halogens is 2. The predicted octanol–water partition coefficient (Wildman–Crippen LogP) is 4.58. The molecule has 2 aromatic rings. The highest BCUT2D eigenvalue weighted by Crippen LogP contribution is 2.17. The SMILES string of the molecule is COC(=O)[C@@H](Cc1ccc(O)cc1)NC(=O)CCCCCNC(=O)CCCc1ccc(N(CCCl)CCCl)cc1. The van der Waals surface area contributed by atoms with Gasteiger partial charge in [0.2, 0.25) is 11.8 Å². The Hall–Kier alpha value is -2.97. The summed E-state index contributed by atoms with van der Waals surface area (Å²) in [7, 11) is 1.28. The molecule has 0 spiro atoms. The number of benzene rings is 2.